The summed E-state index contributed by atoms with van der Waals surface area (Å²) in [5.41, 5.74) is 3.11. The van der Waals surface area contributed by atoms with Crippen LogP contribution in [0.1, 0.15) is 34.0 Å². The van der Waals surface area contributed by atoms with Gasteiger partial charge in [-0.15, -0.1) is 0 Å². The number of ether oxygens (including phenoxy) is 2. The molecule has 0 aliphatic carbocycles. The number of benzene rings is 2. The standard InChI is InChI=1S/C23H25NO5/c1-15-5-6-16(2)20(13-15)21(25)14-29-23(27)17(3)24-22(26)12-9-18-7-10-19(28-4)11-8-18/h5-13,17H,14H2,1-4H3,(H,24,26). The number of aryl methyl sites for hydroxylation is 2. The van der Waals surface area contributed by atoms with E-state index in [1.807, 2.05) is 26.0 Å². The van der Waals surface area contributed by atoms with Crippen molar-refractivity contribution in [1.82, 2.24) is 5.32 Å². The highest BCUT2D eigenvalue weighted by molar-refractivity contribution is 6.00. The molecule has 0 aliphatic rings. The third-order valence-electron chi connectivity index (χ3n) is 4.29. The topological polar surface area (TPSA) is 81.7 Å². The first kappa shape index (κ1) is 21.9. The Labute approximate surface area is 170 Å². The van der Waals surface area contributed by atoms with Gasteiger partial charge in [-0.25, -0.2) is 4.79 Å². The van der Waals surface area contributed by atoms with Crippen LogP contribution in [-0.2, 0) is 14.3 Å². The summed E-state index contributed by atoms with van der Waals surface area (Å²) in [5, 5.41) is 2.52. The van der Waals surface area contributed by atoms with E-state index in [2.05, 4.69) is 5.32 Å². The van der Waals surface area contributed by atoms with Gasteiger partial charge in [0, 0.05) is 11.6 Å². The van der Waals surface area contributed by atoms with Crippen molar-refractivity contribution in [2.24, 2.45) is 0 Å². The molecular formula is C23H25NO5. The number of carbonyl (C=O) groups excluding carboxylic acids is 3. The molecule has 6 nitrogen and oxygen atoms in total. The van der Waals surface area contributed by atoms with Crippen molar-refractivity contribution in [3.63, 3.8) is 0 Å². The third-order valence-corrected chi connectivity index (χ3v) is 4.29. The van der Waals surface area contributed by atoms with Crippen molar-refractivity contribution < 1.29 is 23.9 Å². The molecule has 152 valence electrons. The summed E-state index contributed by atoms with van der Waals surface area (Å²) in [6.45, 7) is 4.85. The van der Waals surface area contributed by atoms with Crippen molar-refractivity contribution in [2.45, 2.75) is 26.8 Å². The molecule has 0 bridgehead atoms. The summed E-state index contributed by atoms with van der Waals surface area (Å²) in [6.07, 6.45) is 2.95. The number of esters is 1. The van der Waals surface area contributed by atoms with Gasteiger partial charge in [0.05, 0.1) is 7.11 Å². The first-order chi connectivity index (χ1) is 13.8. The molecule has 0 heterocycles. The number of rotatable bonds is 8. The number of Topliss-reactive ketones (excluding diaryl/α,β-unsaturated/α-hetero) is 1. The largest absolute Gasteiger partial charge is 0.497 e. The molecule has 0 aromatic heterocycles. The number of methoxy groups -OCH3 is 1. The fourth-order valence-electron chi connectivity index (χ4n) is 2.58. The van der Waals surface area contributed by atoms with Crippen LogP contribution >= 0.6 is 0 Å². The summed E-state index contributed by atoms with van der Waals surface area (Å²) in [6, 6.07) is 11.8. The minimum Gasteiger partial charge on any atom is -0.497 e. The zero-order chi connectivity index (χ0) is 21.4. The minimum absolute atomic E-state index is 0.280. The smallest absolute Gasteiger partial charge is 0.328 e. The Hall–Kier alpha value is -3.41. The van der Waals surface area contributed by atoms with Crippen LogP contribution in [0, 0.1) is 13.8 Å². The van der Waals surface area contributed by atoms with E-state index in [9.17, 15) is 14.4 Å². The molecule has 2 rings (SSSR count). The zero-order valence-electron chi connectivity index (χ0n) is 17.0. The van der Waals surface area contributed by atoms with E-state index >= 15 is 0 Å². The highest BCUT2D eigenvalue weighted by atomic mass is 16.5. The number of amides is 1. The third kappa shape index (κ3) is 6.60. The molecule has 1 atom stereocenters. The second-order valence-electron chi connectivity index (χ2n) is 6.69. The number of hydrogen-bond acceptors (Lipinski definition) is 5. The predicted octanol–water partition coefficient (Wildman–Crippen LogP) is 3.26. The van der Waals surface area contributed by atoms with Gasteiger partial charge in [0.2, 0.25) is 11.7 Å². The Morgan fingerprint density at radius 3 is 2.41 bits per heavy atom. The average Bonchev–Trinajstić information content (AvgIpc) is 2.72. The van der Waals surface area contributed by atoms with Crippen LogP contribution in [0.4, 0.5) is 0 Å². The van der Waals surface area contributed by atoms with Crippen LogP contribution < -0.4 is 10.1 Å². The highest BCUT2D eigenvalue weighted by Crippen LogP contribution is 2.13. The fourth-order valence-corrected chi connectivity index (χ4v) is 2.58. The summed E-state index contributed by atoms with van der Waals surface area (Å²) in [4.78, 5) is 36.4. The maximum Gasteiger partial charge on any atom is 0.328 e. The molecule has 0 spiro atoms. The molecule has 1 N–H and O–H groups in total. The first-order valence-corrected chi connectivity index (χ1v) is 9.20. The zero-order valence-corrected chi connectivity index (χ0v) is 17.0. The molecule has 6 heteroatoms. The van der Waals surface area contributed by atoms with Gasteiger partial charge in [-0.2, -0.15) is 0 Å². The van der Waals surface area contributed by atoms with Gasteiger partial charge in [0.25, 0.3) is 0 Å². The van der Waals surface area contributed by atoms with Crippen molar-refractivity contribution in [3.05, 3.63) is 70.8 Å². The maximum absolute atomic E-state index is 12.3. The lowest BCUT2D eigenvalue weighted by Crippen LogP contribution is -2.39. The van der Waals surface area contributed by atoms with E-state index in [1.165, 1.54) is 13.0 Å². The van der Waals surface area contributed by atoms with Crippen LogP contribution in [0.15, 0.2) is 48.5 Å². The Balaban J connectivity index is 1.84. The maximum atomic E-state index is 12.3. The lowest BCUT2D eigenvalue weighted by atomic mass is 10.0. The summed E-state index contributed by atoms with van der Waals surface area (Å²) in [5.74, 6) is -0.670. The highest BCUT2D eigenvalue weighted by Gasteiger charge is 2.18. The molecule has 0 fully saturated rings. The molecule has 2 aromatic carbocycles. The van der Waals surface area contributed by atoms with Crippen LogP contribution in [0.2, 0.25) is 0 Å². The lowest BCUT2D eigenvalue weighted by Gasteiger charge is -2.12. The monoisotopic (exact) mass is 395 g/mol. The molecule has 1 amide bonds. The SMILES string of the molecule is COc1ccc(C=CC(=O)NC(C)C(=O)OCC(=O)c2cc(C)ccc2C)cc1. The van der Waals surface area contributed by atoms with Gasteiger partial charge >= 0.3 is 5.97 Å². The van der Waals surface area contributed by atoms with Crippen molar-refractivity contribution in [3.8, 4) is 5.75 Å². The van der Waals surface area contributed by atoms with Crippen LogP contribution in [-0.4, -0.2) is 37.4 Å². The van der Waals surface area contributed by atoms with Gasteiger partial charge < -0.3 is 14.8 Å². The number of nitrogens with one attached hydrogen (secondary N) is 1. The second-order valence-corrected chi connectivity index (χ2v) is 6.69. The summed E-state index contributed by atoms with van der Waals surface area (Å²) in [7, 11) is 1.58. The lowest BCUT2D eigenvalue weighted by molar-refractivity contribution is -0.145. The number of ketones is 1. The normalized spacial score (nSPS) is 11.7. The number of carbonyl (C=O) groups is 3. The minimum atomic E-state index is -0.880. The molecule has 0 radical (unpaired) electrons. The van der Waals surface area contributed by atoms with E-state index in [0.29, 0.717) is 5.56 Å². The van der Waals surface area contributed by atoms with E-state index in [-0.39, 0.29) is 12.4 Å². The Bertz CT molecular complexity index is 915. The molecule has 29 heavy (non-hydrogen) atoms. The molecule has 0 saturated carbocycles. The van der Waals surface area contributed by atoms with E-state index in [0.717, 1.165) is 22.4 Å². The predicted molar refractivity (Wildman–Crippen MR) is 111 cm³/mol. The average molecular weight is 395 g/mol. The Morgan fingerprint density at radius 1 is 1.07 bits per heavy atom. The summed E-state index contributed by atoms with van der Waals surface area (Å²) >= 11 is 0. The molecule has 0 aliphatic heterocycles. The molecule has 0 saturated heterocycles. The molecule has 2 aromatic rings. The van der Waals surface area contributed by atoms with Gasteiger partial charge in [-0.1, -0.05) is 29.8 Å². The van der Waals surface area contributed by atoms with Crippen LogP contribution in [0.25, 0.3) is 6.08 Å². The van der Waals surface area contributed by atoms with Gasteiger partial charge in [-0.05, 0) is 56.2 Å². The fraction of sp³-hybridized carbons (Fsp3) is 0.261. The van der Waals surface area contributed by atoms with Gasteiger partial charge in [0.1, 0.15) is 11.8 Å². The number of hydrogen-bond donors (Lipinski definition) is 1. The molecular weight excluding hydrogens is 370 g/mol. The Morgan fingerprint density at radius 2 is 1.76 bits per heavy atom. The van der Waals surface area contributed by atoms with Crippen molar-refractivity contribution in [1.29, 1.82) is 0 Å². The first-order valence-electron chi connectivity index (χ1n) is 9.20. The Kier molecular flexibility index (Phi) is 7.71. The molecule has 1 unspecified atom stereocenters. The summed E-state index contributed by atoms with van der Waals surface area (Å²) < 4.78 is 10.1. The van der Waals surface area contributed by atoms with Crippen molar-refractivity contribution in [2.75, 3.05) is 13.7 Å². The quantitative estimate of drug-likeness (QED) is 0.422. The van der Waals surface area contributed by atoms with Crippen molar-refractivity contribution >= 4 is 23.7 Å². The van der Waals surface area contributed by atoms with Gasteiger partial charge in [0.15, 0.2) is 6.61 Å². The van der Waals surface area contributed by atoms with E-state index < -0.39 is 17.9 Å². The van der Waals surface area contributed by atoms with E-state index in [4.69, 9.17) is 9.47 Å². The second kappa shape index (κ2) is 10.2. The van der Waals surface area contributed by atoms with Gasteiger partial charge in [-0.3, -0.25) is 9.59 Å². The van der Waals surface area contributed by atoms with Crippen LogP contribution in [0.3, 0.4) is 0 Å². The van der Waals surface area contributed by atoms with Crippen LogP contribution in [0.5, 0.6) is 5.75 Å². The van der Waals surface area contributed by atoms with E-state index in [1.54, 1.807) is 43.5 Å².